The van der Waals surface area contributed by atoms with Crippen LogP contribution in [0.5, 0.6) is 0 Å². The summed E-state index contributed by atoms with van der Waals surface area (Å²) < 4.78 is 12.9. The van der Waals surface area contributed by atoms with Crippen molar-refractivity contribution >= 4 is 51.4 Å². The molecule has 0 aliphatic rings. The normalized spacial score (nSPS) is 11.3. The molecule has 2 heterocycles. The lowest BCUT2D eigenvalue weighted by Crippen LogP contribution is -2.02. The number of benzene rings is 3. The number of hydrogen-bond donors (Lipinski definition) is 1. The van der Waals surface area contributed by atoms with Crippen molar-refractivity contribution in [3.05, 3.63) is 71.2 Å². The molecular formula is C26H23ClN4O3. The van der Waals surface area contributed by atoms with Crippen LogP contribution in [-0.2, 0) is 11.3 Å². The van der Waals surface area contributed by atoms with Gasteiger partial charge in [-0.05, 0) is 61.0 Å². The topological polar surface area (TPSA) is 82.2 Å². The molecule has 0 fully saturated rings. The summed E-state index contributed by atoms with van der Waals surface area (Å²) in [7, 11) is 1.38. The maximum Gasteiger partial charge on any atom is 0.337 e. The van der Waals surface area contributed by atoms with Crippen molar-refractivity contribution in [3.63, 3.8) is 0 Å². The third kappa shape index (κ3) is 4.22. The van der Waals surface area contributed by atoms with Crippen LogP contribution in [0.25, 0.3) is 33.5 Å². The Morgan fingerprint density at radius 3 is 2.76 bits per heavy atom. The number of anilines is 2. The van der Waals surface area contributed by atoms with Crippen molar-refractivity contribution in [3.8, 4) is 11.4 Å². The smallest absolute Gasteiger partial charge is 0.337 e. The standard InChI is InChI=1S/C26H23ClN4O3/c1-3-4-12-31-22-10-8-17(25(32)33-2)14-20(22)29-24(31)16-9-11-23-21(13-16)30-26(34-23)28-19-7-5-6-18(27)15-19/h5-11,13-15H,3-4,12H2,1-2H3,(H,28,30). The second-order valence-electron chi connectivity index (χ2n) is 7.97. The highest BCUT2D eigenvalue weighted by Crippen LogP contribution is 2.30. The Morgan fingerprint density at radius 1 is 1.09 bits per heavy atom. The van der Waals surface area contributed by atoms with E-state index in [9.17, 15) is 4.79 Å². The van der Waals surface area contributed by atoms with Gasteiger partial charge in [0.15, 0.2) is 5.58 Å². The molecule has 0 spiro atoms. The average Bonchev–Trinajstić information content (AvgIpc) is 3.41. The fraction of sp³-hybridized carbons (Fsp3) is 0.192. The molecule has 0 aliphatic heterocycles. The minimum absolute atomic E-state index is 0.379. The first-order valence-corrected chi connectivity index (χ1v) is 11.5. The number of esters is 1. The molecule has 34 heavy (non-hydrogen) atoms. The summed E-state index contributed by atoms with van der Waals surface area (Å²) in [5.41, 5.74) is 5.29. The minimum atomic E-state index is -0.379. The van der Waals surface area contributed by atoms with Gasteiger partial charge < -0.3 is 19.0 Å². The van der Waals surface area contributed by atoms with Crippen molar-refractivity contribution in [2.75, 3.05) is 12.4 Å². The molecule has 5 rings (SSSR count). The van der Waals surface area contributed by atoms with Crippen LogP contribution < -0.4 is 5.32 Å². The molecule has 3 aromatic carbocycles. The third-order valence-electron chi connectivity index (χ3n) is 5.63. The van der Waals surface area contributed by atoms with Crippen molar-refractivity contribution in [2.45, 2.75) is 26.3 Å². The first-order chi connectivity index (χ1) is 16.6. The zero-order valence-corrected chi connectivity index (χ0v) is 19.6. The number of fused-ring (bicyclic) bond motifs is 2. The number of nitrogens with zero attached hydrogens (tertiary/aromatic N) is 3. The van der Waals surface area contributed by atoms with Gasteiger partial charge in [0.1, 0.15) is 11.3 Å². The second kappa shape index (κ2) is 9.19. The van der Waals surface area contributed by atoms with Crippen molar-refractivity contribution in [1.82, 2.24) is 14.5 Å². The molecule has 5 aromatic rings. The molecule has 0 unspecified atom stereocenters. The summed E-state index contributed by atoms with van der Waals surface area (Å²) in [5, 5.41) is 3.78. The summed E-state index contributed by atoms with van der Waals surface area (Å²) in [6.45, 7) is 2.97. The van der Waals surface area contributed by atoms with Gasteiger partial charge in [-0.25, -0.2) is 9.78 Å². The molecular weight excluding hydrogens is 452 g/mol. The van der Waals surface area contributed by atoms with Crippen LogP contribution in [0.15, 0.2) is 65.1 Å². The first-order valence-electron chi connectivity index (χ1n) is 11.1. The number of hydrogen-bond acceptors (Lipinski definition) is 6. The largest absolute Gasteiger partial charge is 0.465 e. The Kier molecular flexibility index (Phi) is 5.94. The molecule has 0 radical (unpaired) electrons. The van der Waals surface area contributed by atoms with E-state index in [4.69, 9.17) is 25.7 Å². The molecule has 0 bridgehead atoms. The number of halogens is 1. The highest BCUT2D eigenvalue weighted by Gasteiger charge is 2.17. The number of aryl methyl sites for hydroxylation is 1. The van der Waals surface area contributed by atoms with E-state index >= 15 is 0 Å². The van der Waals surface area contributed by atoms with Crippen LogP contribution in [-0.4, -0.2) is 27.6 Å². The summed E-state index contributed by atoms with van der Waals surface area (Å²) in [5.74, 6) is 0.440. The van der Waals surface area contributed by atoms with Crippen LogP contribution in [0, 0.1) is 0 Å². The third-order valence-corrected chi connectivity index (χ3v) is 5.86. The second-order valence-corrected chi connectivity index (χ2v) is 8.41. The van der Waals surface area contributed by atoms with E-state index in [-0.39, 0.29) is 5.97 Å². The van der Waals surface area contributed by atoms with E-state index in [1.807, 2.05) is 42.5 Å². The first kappa shape index (κ1) is 22.0. The van der Waals surface area contributed by atoms with Gasteiger partial charge in [0.25, 0.3) is 6.01 Å². The minimum Gasteiger partial charge on any atom is -0.465 e. The van der Waals surface area contributed by atoms with Gasteiger partial charge >= 0.3 is 5.97 Å². The van der Waals surface area contributed by atoms with Crippen molar-refractivity contribution in [2.24, 2.45) is 0 Å². The maximum atomic E-state index is 12.0. The van der Waals surface area contributed by atoms with Crippen molar-refractivity contribution < 1.29 is 13.9 Å². The van der Waals surface area contributed by atoms with Crippen LogP contribution >= 0.6 is 11.6 Å². The van der Waals surface area contributed by atoms with Gasteiger partial charge in [-0.3, -0.25) is 0 Å². The number of aromatic nitrogens is 3. The lowest BCUT2D eigenvalue weighted by molar-refractivity contribution is 0.0601. The van der Waals surface area contributed by atoms with Crippen LogP contribution in [0.4, 0.5) is 11.7 Å². The number of nitrogens with one attached hydrogen (secondary N) is 1. The molecule has 2 aromatic heterocycles. The predicted molar refractivity (Wildman–Crippen MR) is 134 cm³/mol. The van der Waals surface area contributed by atoms with Crippen LogP contribution in [0.1, 0.15) is 30.1 Å². The predicted octanol–water partition coefficient (Wildman–Crippen LogP) is 6.83. The number of oxazole rings is 1. The number of carbonyl (C=O) groups is 1. The number of imidazole rings is 1. The number of rotatable bonds is 7. The Bertz CT molecular complexity index is 1510. The summed E-state index contributed by atoms with van der Waals surface area (Å²) in [6.07, 6.45) is 2.07. The van der Waals surface area contributed by atoms with Gasteiger partial charge in [-0.1, -0.05) is 31.0 Å². The zero-order chi connectivity index (χ0) is 23.7. The van der Waals surface area contributed by atoms with E-state index in [0.717, 1.165) is 47.5 Å². The molecule has 172 valence electrons. The van der Waals surface area contributed by atoms with Crippen molar-refractivity contribution in [1.29, 1.82) is 0 Å². The highest BCUT2D eigenvalue weighted by atomic mass is 35.5. The summed E-state index contributed by atoms with van der Waals surface area (Å²) >= 11 is 6.07. The van der Waals surface area contributed by atoms with Crippen LogP contribution in [0.2, 0.25) is 5.02 Å². The highest BCUT2D eigenvalue weighted by molar-refractivity contribution is 6.30. The molecule has 0 saturated heterocycles. The molecule has 0 saturated carbocycles. The number of unbranched alkanes of at least 4 members (excludes halogenated alkanes) is 1. The van der Waals surface area contributed by atoms with E-state index in [2.05, 4.69) is 21.8 Å². The van der Waals surface area contributed by atoms with E-state index < -0.39 is 0 Å². The monoisotopic (exact) mass is 474 g/mol. The fourth-order valence-electron chi connectivity index (χ4n) is 3.95. The van der Waals surface area contributed by atoms with Gasteiger partial charge in [0.2, 0.25) is 0 Å². The Morgan fingerprint density at radius 2 is 1.97 bits per heavy atom. The lowest BCUT2D eigenvalue weighted by Gasteiger charge is -2.09. The van der Waals surface area contributed by atoms with Gasteiger partial charge in [-0.2, -0.15) is 4.98 Å². The Balaban J connectivity index is 1.55. The van der Waals surface area contributed by atoms with E-state index in [0.29, 0.717) is 27.7 Å². The van der Waals surface area contributed by atoms with Gasteiger partial charge in [0, 0.05) is 22.8 Å². The van der Waals surface area contributed by atoms with E-state index in [1.165, 1.54) is 7.11 Å². The Labute approximate surface area is 201 Å². The molecule has 1 N–H and O–H groups in total. The van der Waals surface area contributed by atoms with Gasteiger partial charge in [-0.15, -0.1) is 0 Å². The quantitative estimate of drug-likeness (QED) is 0.260. The summed E-state index contributed by atoms with van der Waals surface area (Å²) in [6, 6.07) is 19.1. The molecule has 0 atom stereocenters. The molecule has 0 amide bonds. The summed E-state index contributed by atoms with van der Waals surface area (Å²) in [4.78, 5) is 21.5. The molecule has 0 aliphatic carbocycles. The van der Waals surface area contributed by atoms with E-state index in [1.54, 1.807) is 18.2 Å². The Hall–Kier alpha value is -3.84. The number of ether oxygens (including phenoxy) is 1. The molecule has 7 nitrogen and oxygen atoms in total. The van der Waals surface area contributed by atoms with Crippen LogP contribution in [0.3, 0.4) is 0 Å². The number of carbonyl (C=O) groups excluding carboxylic acids is 1. The maximum absolute atomic E-state index is 12.0. The SMILES string of the molecule is CCCCn1c(-c2ccc3oc(Nc4cccc(Cl)c4)nc3c2)nc2cc(C(=O)OC)ccc21. The fourth-order valence-corrected chi connectivity index (χ4v) is 4.14. The lowest BCUT2D eigenvalue weighted by atomic mass is 10.2. The zero-order valence-electron chi connectivity index (χ0n) is 18.8. The average molecular weight is 475 g/mol. The molecule has 8 heteroatoms. The van der Waals surface area contributed by atoms with Gasteiger partial charge in [0.05, 0.1) is 23.7 Å². The number of methoxy groups -OCH3 is 1.